The summed E-state index contributed by atoms with van der Waals surface area (Å²) in [6.07, 6.45) is 5.19. The van der Waals surface area contributed by atoms with E-state index in [0.29, 0.717) is 11.1 Å². The smallest absolute Gasteiger partial charge is 0.136 e. The number of hydrogen-bond acceptors (Lipinski definition) is 5. The fourth-order valence-corrected chi connectivity index (χ4v) is 8.48. The van der Waals surface area contributed by atoms with E-state index in [0.717, 1.165) is 86.6 Å². The normalized spacial score (nSPS) is 14.2. The van der Waals surface area contributed by atoms with Crippen LogP contribution in [0, 0.1) is 18.8 Å². The molecule has 2 aliphatic heterocycles. The second-order valence-corrected chi connectivity index (χ2v) is 17.5. The van der Waals surface area contributed by atoms with Crippen molar-refractivity contribution in [1.29, 1.82) is 0 Å². The van der Waals surface area contributed by atoms with Gasteiger partial charge in [0.1, 0.15) is 11.6 Å². The number of pyridine rings is 1. The number of carbonyl (C=O) groups is 1. The molecule has 3 aromatic heterocycles. The fraction of sp³-hybridized carbons (Fsp3) is 0.240. The molecule has 0 N–H and O–H groups in total. The molecule has 0 saturated heterocycles. The van der Waals surface area contributed by atoms with Crippen molar-refractivity contribution in [3.63, 3.8) is 0 Å². The molecule has 0 fully saturated rings. The van der Waals surface area contributed by atoms with Crippen LogP contribution in [0.4, 0.5) is 22.7 Å². The maximum Gasteiger partial charge on any atom is 0.136 e. The summed E-state index contributed by atoms with van der Waals surface area (Å²) in [5.41, 5.74) is 11.3. The van der Waals surface area contributed by atoms with Gasteiger partial charge in [0.25, 0.3) is 0 Å². The Hall–Kier alpha value is -5.52. The van der Waals surface area contributed by atoms with Gasteiger partial charge in [-0.15, -0.1) is 60.3 Å². The number of imidazole rings is 1. The Balaban J connectivity index is 0.00000436. The molecule has 2 aliphatic rings. The molecular weight excluding hydrogens is 896 g/mol. The van der Waals surface area contributed by atoms with Crippen LogP contribution in [0.25, 0.3) is 38.7 Å². The van der Waals surface area contributed by atoms with E-state index in [1.807, 2.05) is 48.7 Å². The maximum absolute atomic E-state index is 14.5. The zero-order chi connectivity index (χ0) is 39.2. The Morgan fingerprint density at radius 2 is 1.47 bits per heavy atom. The van der Waals surface area contributed by atoms with E-state index in [1.165, 1.54) is 17.5 Å². The van der Waals surface area contributed by atoms with E-state index in [2.05, 4.69) is 140 Å². The molecule has 0 saturated carbocycles. The number of benzene rings is 5. The fourth-order valence-electron chi connectivity index (χ4n) is 8.48. The minimum absolute atomic E-state index is 0. The second kappa shape index (κ2) is 14.1. The van der Waals surface area contributed by atoms with Gasteiger partial charge in [-0.25, -0.2) is 9.97 Å². The van der Waals surface area contributed by atoms with Crippen molar-refractivity contribution in [2.24, 2.45) is 0 Å². The van der Waals surface area contributed by atoms with Crippen LogP contribution in [-0.2, 0) is 44.9 Å². The molecule has 10 rings (SSSR count). The van der Waals surface area contributed by atoms with Crippen LogP contribution < -0.4 is 9.80 Å². The quantitative estimate of drug-likeness (QED) is 0.127. The van der Waals surface area contributed by atoms with Crippen LogP contribution in [0.15, 0.2) is 109 Å². The molecule has 0 amide bonds. The summed E-state index contributed by atoms with van der Waals surface area (Å²) in [4.78, 5) is 28.8. The SMILES string of the molecule is CC(C)(C)c1ccc(N2[CH-]N(c3[c-]c(C(=O)c4[c-]c5c(cc4)c4ccccc4n5-c4cc(C(C)(C)C)ccn4)ccc3)c3cc4nc5n(c4cc32)CCCC5)cc1.[Pt]. The molecule has 0 bridgehead atoms. The third-order valence-electron chi connectivity index (χ3n) is 11.7. The van der Waals surface area contributed by atoms with E-state index in [9.17, 15) is 4.79 Å². The van der Waals surface area contributed by atoms with Crippen molar-refractivity contribution in [3.8, 4) is 5.82 Å². The molecule has 0 atom stereocenters. The third-order valence-corrected chi connectivity index (χ3v) is 11.7. The summed E-state index contributed by atoms with van der Waals surface area (Å²) in [5.74, 6) is 1.82. The summed E-state index contributed by atoms with van der Waals surface area (Å²) >= 11 is 0. The Kier molecular flexibility index (Phi) is 9.24. The van der Waals surface area contributed by atoms with Crippen LogP contribution in [0.1, 0.15) is 87.3 Å². The molecule has 5 heterocycles. The average Bonchev–Trinajstić information content (AvgIpc) is 3.88. The number of rotatable bonds is 5. The van der Waals surface area contributed by atoms with Gasteiger partial charge in [0.15, 0.2) is 0 Å². The molecule has 0 unspecified atom stereocenters. The van der Waals surface area contributed by atoms with Gasteiger partial charge in [-0.3, -0.25) is 0 Å². The summed E-state index contributed by atoms with van der Waals surface area (Å²) in [6, 6.07) is 42.7. The molecule has 8 aromatic rings. The summed E-state index contributed by atoms with van der Waals surface area (Å²) in [6.45, 7) is 16.4. The minimum atomic E-state index is -0.141. The predicted molar refractivity (Wildman–Crippen MR) is 231 cm³/mol. The van der Waals surface area contributed by atoms with E-state index in [1.54, 1.807) is 0 Å². The Morgan fingerprint density at radius 3 is 2.26 bits per heavy atom. The first kappa shape index (κ1) is 38.0. The van der Waals surface area contributed by atoms with Crippen molar-refractivity contribution in [3.05, 3.63) is 156 Å². The largest absolute Gasteiger partial charge is 0.488 e. The first-order valence-electron chi connectivity index (χ1n) is 20.0. The van der Waals surface area contributed by atoms with Crippen LogP contribution in [0.2, 0.25) is 0 Å². The van der Waals surface area contributed by atoms with Crippen LogP contribution in [0.5, 0.6) is 0 Å². The van der Waals surface area contributed by atoms with Gasteiger partial charge in [0, 0.05) is 62.8 Å². The molecule has 0 radical (unpaired) electrons. The van der Waals surface area contributed by atoms with E-state index in [-0.39, 0.29) is 37.7 Å². The number of ketones is 1. The Morgan fingerprint density at radius 1 is 0.707 bits per heavy atom. The second-order valence-electron chi connectivity index (χ2n) is 17.5. The van der Waals surface area contributed by atoms with E-state index >= 15 is 0 Å². The van der Waals surface area contributed by atoms with Crippen LogP contribution in [-0.4, -0.2) is 24.9 Å². The molecule has 7 nitrogen and oxygen atoms in total. The molecule has 8 heteroatoms. The van der Waals surface area contributed by atoms with E-state index in [4.69, 9.17) is 9.97 Å². The van der Waals surface area contributed by atoms with Gasteiger partial charge in [-0.1, -0.05) is 82.9 Å². The third kappa shape index (κ3) is 6.35. The monoisotopic (exact) mass is 940 g/mol. The first-order valence-corrected chi connectivity index (χ1v) is 20.0. The minimum Gasteiger partial charge on any atom is -0.488 e. The van der Waals surface area contributed by atoms with Gasteiger partial charge in [-0.05, 0) is 88.2 Å². The zero-order valence-electron chi connectivity index (χ0n) is 33.7. The topological polar surface area (TPSA) is 59.2 Å². The zero-order valence-corrected chi connectivity index (χ0v) is 36.0. The number of fused-ring (bicyclic) bond motifs is 7. The average molecular weight is 941 g/mol. The Labute approximate surface area is 354 Å². The van der Waals surface area contributed by atoms with Gasteiger partial charge < -0.3 is 23.7 Å². The number of para-hydroxylation sites is 1. The van der Waals surface area contributed by atoms with Crippen molar-refractivity contribution in [2.75, 3.05) is 9.80 Å². The molecule has 58 heavy (non-hydrogen) atoms. The van der Waals surface area contributed by atoms with Gasteiger partial charge >= 0.3 is 0 Å². The number of aromatic nitrogens is 4. The van der Waals surface area contributed by atoms with Gasteiger partial charge in [-0.2, -0.15) is 0 Å². The van der Waals surface area contributed by atoms with Crippen molar-refractivity contribution >= 4 is 61.4 Å². The van der Waals surface area contributed by atoms with Crippen LogP contribution in [0.3, 0.4) is 0 Å². The van der Waals surface area contributed by atoms with Crippen molar-refractivity contribution < 1.29 is 25.9 Å². The predicted octanol–water partition coefficient (Wildman–Crippen LogP) is 11.7. The summed E-state index contributed by atoms with van der Waals surface area (Å²) < 4.78 is 4.52. The van der Waals surface area contributed by atoms with Gasteiger partial charge in [0.2, 0.25) is 0 Å². The van der Waals surface area contributed by atoms with Crippen molar-refractivity contribution in [2.45, 2.75) is 78.2 Å². The standard InChI is InChI=1S/C50H45N6O.Pt/c1-49(2,3)34-18-20-36(21-19-34)54-31-55(44-29-40-43(30-45(44)54)53-25-10-9-16-46(53)52-40)37-13-11-12-32(26-37)48(57)33-17-22-39-38-14-7-8-15-41(38)56(42(39)27-33)47-28-35(23-24-51-47)50(4,5)6;/h7-8,11-15,17-24,28-31H,9-10,16,25H2,1-6H3;/q-3;. The van der Waals surface area contributed by atoms with Crippen molar-refractivity contribution in [1.82, 2.24) is 19.1 Å². The summed E-state index contributed by atoms with van der Waals surface area (Å²) in [7, 11) is 0. The number of aryl methyl sites for hydroxylation is 2. The molecule has 5 aromatic carbocycles. The number of carbonyl (C=O) groups excluding carboxylic acids is 1. The maximum atomic E-state index is 14.5. The van der Waals surface area contributed by atoms with Crippen LogP contribution >= 0.6 is 0 Å². The molecular formula is C50H45N6OPt-3. The number of anilines is 4. The number of hydrogen-bond donors (Lipinski definition) is 0. The molecule has 0 spiro atoms. The van der Waals surface area contributed by atoms with Gasteiger partial charge in [0.05, 0.1) is 16.8 Å². The number of nitrogens with zero attached hydrogens (tertiary/aromatic N) is 6. The van der Waals surface area contributed by atoms with E-state index < -0.39 is 0 Å². The molecule has 0 aliphatic carbocycles. The molecule has 294 valence electrons. The Bertz CT molecular complexity index is 2890. The summed E-state index contributed by atoms with van der Waals surface area (Å²) in [5, 5.41) is 2.11. The first-order chi connectivity index (χ1) is 27.4.